The molecule has 1 aliphatic heterocycles. The average Bonchev–Trinajstić information content (AvgIpc) is 2.77. The molecule has 0 spiro atoms. The number of ether oxygens (including phenoxy) is 1. The van der Waals surface area contributed by atoms with Gasteiger partial charge in [-0.1, -0.05) is 29.8 Å². The molecular weight excluding hydrogens is 410 g/mol. The van der Waals surface area contributed by atoms with Gasteiger partial charge < -0.3 is 14.5 Å². The van der Waals surface area contributed by atoms with Crippen LogP contribution in [0.2, 0.25) is 5.02 Å². The molecule has 2 aromatic carbocycles. The lowest BCUT2D eigenvalue weighted by Crippen LogP contribution is -2.49. The first-order valence-corrected chi connectivity index (χ1v) is 9.68. The normalized spacial score (nSPS) is 14.0. The van der Waals surface area contributed by atoms with E-state index >= 15 is 0 Å². The minimum atomic E-state index is -0.618. The number of nitrogens with zero attached hydrogens (tertiary/aromatic N) is 3. The molecule has 1 aliphatic rings. The lowest BCUT2D eigenvalue weighted by Gasteiger charge is -2.36. The van der Waals surface area contributed by atoms with Gasteiger partial charge in [0.05, 0.1) is 4.92 Å². The highest BCUT2D eigenvalue weighted by Gasteiger charge is 2.22. The Kier molecular flexibility index (Phi) is 7.03. The van der Waals surface area contributed by atoms with Crippen molar-refractivity contribution in [2.75, 3.05) is 37.7 Å². The zero-order chi connectivity index (χ0) is 21.5. The van der Waals surface area contributed by atoms with Crippen molar-refractivity contribution in [2.24, 2.45) is 0 Å². The standard InChI is InChI=1S/C21H20ClN3O5/c22-19-4-2-1-3-16(19)5-10-21(27)30-15-20(26)24-13-11-23(12-14-24)17-6-8-18(9-7-17)25(28)29/h1-10H,11-15H2/b10-5+. The van der Waals surface area contributed by atoms with Crippen molar-refractivity contribution < 1.29 is 19.2 Å². The van der Waals surface area contributed by atoms with E-state index in [2.05, 4.69) is 0 Å². The van der Waals surface area contributed by atoms with Crippen LogP contribution in [0.5, 0.6) is 0 Å². The molecular formula is C21H20ClN3O5. The molecule has 30 heavy (non-hydrogen) atoms. The first-order chi connectivity index (χ1) is 14.4. The maximum absolute atomic E-state index is 12.3. The number of hydrogen-bond acceptors (Lipinski definition) is 6. The Balaban J connectivity index is 1.44. The maximum atomic E-state index is 12.3. The largest absolute Gasteiger partial charge is 0.452 e. The molecule has 2 aromatic rings. The number of nitro groups is 1. The Bertz CT molecular complexity index is 953. The summed E-state index contributed by atoms with van der Waals surface area (Å²) < 4.78 is 5.03. The van der Waals surface area contributed by atoms with E-state index in [9.17, 15) is 19.7 Å². The predicted octanol–water partition coefficient (Wildman–Crippen LogP) is 3.15. The number of nitro benzene ring substituents is 1. The summed E-state index contributed by atoms with van der Waals surface area (Å²) in [5, 5.41) is 11.3. The molecule has 0 saturated carbocycles. The summed E-state index contributed by atoms with van der Waals surface area (Å²) in [5.74, 6) is -0.884. The lowest BCUT2D eigenvalue weighted by atomic mass is 10.2. The third-order valence-electron chi connectivity index (χ3n) is 4.70. The highest BCUT2D eigenvalue weighted by atomic mass is 35.5. The van der Waals surface area contributed by atoms with E-state index in [1.165, 1.54) is 24.3 Å². The van der Waals surface area contributed by atoms with Crippen molar-refractivity contribution in [3.63, 3.8) is 0 Å². The van der Waals surface area contributed by atoms with E-state index in [-0.39, 0.29) is 18.2 Å². The Morgan fingerprint density at radius 2 is 1.73 bits per heavy atom. The predicted molar refractivity (Wildman–Crippen MR) is 113 cm³/mol. The van der Waals surface area contributed by atoms with E-state index < -0.39 is 10.9 Å². The number of piperazine rings is 1. The summed E-state index contributed by atoms with van der Waals surface area (Å²) in [5.41, 5.74) is 1.59. The van der Waals surface area contributed by atoms with Crippen molar-refractivity contribution in [3.05, 3.63) is 75.3 Å². The zero-order valence-electron chi connectivity index (χ0n) is 16.1. The minimum absolute atomic E-state index is 0.0398. The molecule has 1 fully saturated rings. The van der Waals surface area contributed by atoms with Crippen LogP contribution in [0.4, 0.5) is 11.4 Å². The van der Waals surface area contributed by atoms with Crippen molar-refractivity contribution in [2.45, 2.75) is 0 Å². The van der Waals surface area contributed by atoms with Gasteiger partial charge in [0.1, 0.15) is 0 Å². The fourth-order valence-electron chi connectivity index (χ4n) is 3.04. The molecule has 0 aromatic heterocycles. The molecule has 0 radical (unpaired) electrons. The lowest BCUT2D eigenvalue weighted by molar-refractivity contribution is -0.384. The van der Waals surface area contributed by atoms with Gasteiger partial charge in [0.2, 0.25) is 0 Å². The number of rotatable bonds is 6. The van der Waals surface area contributed by atoms with Gasteiger partial charge in [-0.2, -0.15) is 0 Å². The van der Waals surface area contributed by atoms with Gasteiger partial charge in [-0.25, -0.2) is 4.79 Å². The van der Waals surface area contributed by atoms with E-state index in [1.807, 2.05) is 4.90 Å². The molecule has 0 unspecified atom stereocenters. The van der Waals surface area contributed by atoms with Crippen molar-refractivity contribution in [1.82, 2.24) is 4.90 Å². The van der Waals surface area contributed by atoms with Crippen LogP contribution < -0.4 is 4.90 Å². The third kappa shape index (κ3) is 5.57. The van der Waals surface area contributed by atoms with Gasteiger partial charge in [-0.05, 0) is 29.8 Å². The summed E-state index contributed by atoms with van der Waals surface area (Å²) in [6.07, 6.45) is 2.78. The second-order valence-electron chi connectivity index (χ2n) is 6.60. The highest BCUT2D eigenvalue weighted by molar-refractivity contribution is 6.32. The third-order valence-corrected chi connectivity index (χ3v) is 5.04. The fraction of sp³-hybridized carbons (Fsp3) is 0.238. The number of esters is 1. The Hall–Kier alpha value is -3.39. The second kappa shape index (κ2) is 9.89. The van der Waals surface area contributed by atoms with E-state index in [4.69, 9.17) is 16.3 Å². The van der Waals surface area contributed by atoms with Gasteiger partial charge in [0.15, 0.2) is 6.61 Å². The fourth-order valence-corrected chi connectivity index (χ4v) is 3.24. The van der Waals surface area contributed by atoms with Crippen LogP contribution in [0.3, 0.4) is 0 Å². The summed E-state index contributed by atoms with van der Waals surface area (Å²) in [4.78, 5) is 38.1. The molecule has 9 heteroatoms. The van der Waals surface area contributed by atoms with Gasteiger partial charge in [0.25, 0.3) is 11.6 Å². The van der Waals surface area contributed by atoms with E-state index in [0.717, 1.165) is 5.69 Å². The number of carbonyl (C=O) groups is 2. The maximum Gasteiger partial charge on any atom is 0.331 e. The van der Waals surface area contributed by atoms with Gasteiger partial charge >= 0.3 is 5.97 Å². The number of hydrogen-bond donors (Lipinski definition) is 0. The van der Waals surface area contributed by atoms with E-state index in [1.54, 1.807) is 41.3 Å². The van der Waals surface area contributed by atoms with E-state index in [0.29, 0.717) is 36.8 Å². The van der Waals surface area contributed by atoms with Crippen LogP contribution in [0.15, 0.2) is 54.6 Å². The quantitative estimate of drug-likeness (QED) is 0.303. The van der Waals surface area contributed by atoms with Crippen LogP contribution >= 0.6 is 11.6 Å². The molecule has 0 N–H and O–H groups in total. The highest BCUT2D eigenvalue weighted by Crippen LogP contribution is 2.20. The van der Waals surface area contributed by atoms with Gasteiger partial charge in [-0.15, -0.1) is 0 Å². The van der Waals surface area contributed by atoms with Crippen LogP contribution in [0.25, 0.3) is 6.08 Å². The number of halogens is 1. The second-order valence-corrected chi connectivity index (χ2v) is 7.01. The summed E-state index contributed by atoms with van der Waals surface area (Å²) >= 11 is 6.02. The number of amides is 1. The number of carbonyl (C=O) groups excluding carboxylic acids is 2. The molecule has 1 saturated heterocycles. The van der Waals surface area contributed by atoms with Gasteiger partial charge in [-0.3, -0.25) is 14.9 Å². The summed E-state index contributed by atoms with van der Waals surface area (Å²) in [6, 6.07) is 13.4. The van der Waals surface area contributed by atoms with Crippen LogP contribution in [0, 0.1) is 10.1 Å². The molecule has 3 rings (SSSR count). The molecule has 0 atom stereocenters. The minimum Gasteiger partial charge on any atom is -0.452 e. The van der Waals surface area contributed by atoms with Crippen LogP contribution in [-0.4, -0.2) is 54.5 Å². The first-order valence-electron chi connectivity index (χ1n) is 9.30. The van der Waals surface area contributed by atoms with Crippen molar-refractivity contribution >= 4 is 40.9 Å². The Morgan fingerprint density at radius 3 is 2.37 bits per heavy atom. The first kappa shape index (κ1) is 21.3. The summed E-state index contributed by atoms with van der Waals surface area (Å²) in [7, 11) is 0. The molecule has 156 valence electrons. The number of benzene rings is 2. The molecule has 0 aliphatic carbocycles. The Morgan fingerprint density at radius 1 is 1.07 bits per heavy atom. The monoisotopic (exact) mass is 429 g/mol. The molecule has 0 bridgehead atoms. The Labute approximate surface area is 178 Å². The molecule has 1 amide bonds. The number of anilines is 1. The summed E-state index contributed by atoms with van der Waals surface area (Å²) in [6.45, 7) is 1.79. The van der Waals surface area contributed by atoms with Crippen molar-refractivity contribution in [1.29, 1.82) is 0 Å². The topological polar surface area (TPSA) is 93.0 Å². The average molecular weight is 430 g/mol. The molecule has 8 nitrogen and oxygen atoms in total. The smallest absolute Gasteiger partial charge is 0.331 e. The number of non-ortho nitro benzene ring substituents is 1. The zero-order valence-corrected chi connectivity index (χ0v) is 16.8. The van der Waals surface area contributed by atoms with Crippen LogP contribution in [-0.2, 0) is 14.3 Å². The molecule has 1 heterocycles. The SMILES string of the molecule is O=C(/C=C/c1ccccc1Cl)OCC(=O)N1CCN(c2ccc([N+](=O)[O-])cc2)CC1. The van der Waals surface area contributed by atoms with Crippen LogP contribution in [0.1, 0.15) is 5.56 Å². The van der Waals surface area contributed by atoms with Crippen molar-refractivity contribution in [3.8, 4) is 0 Å². The van der Waals surface area contributed by atoms with Gasteiger partial charge in [0, 0.05) is 55.1 Å².